The predicted octanol–water partition coefficient (Wildman–Crippen LogP) is -1.34. The third-order valence-corrected chi connectivity index (χ3v) is 2.88. The topological polar surface area (TPSA) is 75.4 Å². The molecule has 2 aliphatic rings. The van der Waals surface area contributed by atoms with E-state index in [-0.39, 0.29) is 0 Å². The van der Waals surface area contributed by atoms with Crippen molar-refractivity contribution in [1.29, 1.82) is 0 Å². The van der Waals surface area contributed by atoms with E-state index < -0.39 is 0 Å². The zero-order valence-corrected chi connectivity index (χ0v) is 8.97. The summed E-state index contributed by atoms with van der Waals surface area (Å²) in [4.78, 5) is 0. The van der Waals surface area contributed by atoms with Crippen LogP contribution in [0.25, 0.3) is 0 Å². The van der Waals surface area contributed by atoms with Crippen LogP contribution in [0.15, 0.2) is 0 Å². The lowest BCUT2D eigenvalue weighted by molar-refractivity contribution is -0.0158. The summed E-state index contributed by atoms with van der Waals surface area (Å²) < 4.78 is 0. The highest BCUT2D eigenvalue weighted by molar-refractivity contribution is 4.71. The van der Waals surface area contributed by atoms with Gasteiger partial charge in [-0.3, -0.25) is 0 Å². The van der Waals surface area contributed by atoms with Crippen LogP contribution in [-0.2, 0) is 0 Å². The van der Waals surface area contributed by atoms with E-state index in [4.69, 9.17) is 0 Å². The van der Waals surface area contributed by atoms with E-state index in [2.05, 4.69) is 33.0 Å². The van der Waals surface area contributed by atoms with Crippen LogP contribution < -0.4 is 33.0 Å². The molecule has 1 saturated heterocycles. The first-order valence-electron chi connectivity index (χ1n) is 5.72. The molecule has 1 aliphatic carbocycles. The number of hydrazine groups is 6. The van der Waals surface area contributed by atoms with Gasteiger partial charge in [-0.25, -0.2) is 0 Å². The summed E-state index contributed by atoms with van der Waals surface area (Å²) in [7, 11) is 0. The van der Waals surface area contributed by atoms with E-state index in [1.165, 1.54) is 32.1 Å². The van der Waals surface area contributed by atoms with E-state index in [1.54, 1.807) is 0 Å². The highest BCUT2D eigenvalue weighted by Crippen LogP contribution is 2.16. The van der Waals surface area contributed by atoms with Gasteiger partial charge in [-0.1, -0.05) is 19.3 Å². The molecule has 0 aromatic rings. The van der Waals surface area contributed by atoms with Crippen LogP contribution in [0.3, 0.4) is 0 Å². The lowest BCUT2D eigenvalue weighted by Gasteiger charge is -2.30. The van der Waals surface area contributed by atoms with Crippen LogP contribution in [0.5, 0.6) is 0 Å². The largest absolute Gasteiger partial charge is 0.313 e. The van der Waals surface area contributed by atoms with Crippen molar-refractivity contribution in [3.8, 4) is 0 Å². The van der Waals surface area contributed by atoms with Gasteiger partial charge in [-0.05, 0) is 12.8 Å². The van der Waals surface area contributed by atoms with E-state index >= 15 is 0 Å². The second-order valence-corrected chi connectivity index (χ2v) is 4.04. The number of rotatable bonds is 4. The van der Waals surface area contributed by atoms with Crippen molar-refractivity contribution < 1.29 is 0 Å². The normalized spacial score (nSPS) is 25.6. The van der Waals surface area contributed by atoms with E-state index in [9.17, 15) is 0 Å². The Bertz CT molecular complexity index is 146. The van der Waals surface area contributed by atoms with Gasteiger partial charge < -0.3 is 5.32 Å². The molecule has 0 amide bonds. The molecule has 15 heavy (non-hydrogen) atoms. The third kappa shape index (κ3) is 3.99. The lowest BCUT2D eigenvalue weighted by Crippen LogP contribution is -2.73. The van der Waals surface area contributed by atoms with Crippen LogP contribution in [-0.4, -0.2) is 24.2 Å². The van der Waals surface area contributed by atoms with Crippen LogP contribution in [0, 0.1) is 0 Å². The molecule has 7 nitrogen and oxygen atoms in total. The first kappa shape index (κ1) is 11.2. The van der Waals surface area contributed by atoms with Crippen LogP contribution in [0.4, 0.5) is 0 Å². The molecule has 2 fully saturated rings. The zero-order valence-electron chi connectivity index (χ0n) is 8.97. The molecule has 0 spiro atoms. The molecule has 2 rings (SSSR count). The van der Waals surface area contributed by atoms with Crippen molar-refractivity contribution in [3.63, 3.8) is 0 Å². The summed E-state index contributed by atoms with van der Waals surface area (Å²) >= 11 is 0. The molecule has 0 atom stereocenters. The molecule has 0 aromatic carbocycles. The Hall–Kier alpha value is -0.280. The fraction of sp³-hybridized carbons (Fsp3) is 1.00. The van der Waals surface area contributed by atoms with Gasteiger partial charge in [0.25, 0.3) is 0 Å². The molecule has 1 heterocycles. The molecule has 0 aromatic heterocycles. The molecular formula is C8H21N7. The van der Waals surface area contributed by atoms with Gasteiger partial charge in [0.05, 0.1) is 0 Å². The van der Waals surface area contributed by atoms with Gasteiger partial charge in [0, 0.05) is 19.1 Å². The minimum atomic E-state index is 0.725. The lowest BCUT2D eigenvalue weighted by atomic mass is 9.95. The molecule has 6 N–H and O–H groups in total. The van der Waals surface area contributed by atoms with Crippen molar-refractivity contribution in [2.45, 2.75) is 38.1 Å². The Labute approximate surface area is 90.2 Å². The standard InChI is InChI=1S/C8H21N7/c1-2-4-8(5-3-1)9-6-7-15-13-11-10-12-14-15/h8-14H,1-7H2. The smallest absolute Gasteiger partial charge is 0.0441 e. The average Bonchev–Trinajstić information content (AvgIpc) is 2.32. The van der Waals surface area contributed by atoms with Gasteiger partial charge in [0.2, 0.25) is 0 Å². The summed E-state index contributed by atoms with van der Waals surface area (Å²) in [6.07, 6.45) is 6.83. The number of hydrogen-bond donors (Lipinski definition) is 6. The first-order chi connectivity index (χ1) is 7.45. The zero-order chi connectivity index (χ0) is 10.3. The minimum absolute atomic E-state index is 0.725. The molecule has 7 heteroatoms. The Kier molecular flexibility index (Phi) is 4.74. The molecular weight excluding hydrogens is 194 g/mol. The Morgan fingerprint density at radius 2 is 1.73 bits per heavy atom. The Morgan fingerprint density at radius 3 is 2.47 bits per heavy atom. The Morgan fingerprint density at radius 1 is 1.00 bits per heavy atom. The summed E-state index contributed by atoms with van der Waals surface area (Å²) in [5.74, 6) is 0. The third-order valence-electron chi connectivity index (χ3n) is 2.88. The van der Waals surface area contributed by atoms with E-state index in [0.717, 1.165) is 19.1 Å². The van der Waals surface area contributed by atoms with Gasteiger partial charge >= 0.3 is 0 Å². The SMILES string of the molecule is C1CCC(NCCN2NNNNN2)CC1. The van der Waals surface area contributed by atoms with E-state index in [0.29, 0.717) is 0 Å². The van der Waals surface area contributed by atoms with Gasteiger partial charge in [-0.15, -0.1) is 5.12 Å². The summed E-state index contributed by atoms with van der Waals surface area (Å²) in [6, 6.07) is 0.725. The second kappa shape index (κ2) is 6.33. The average molecular weight is 215 g/mol. The maximum absolute atomic E-state index is 3.57. The van der Waals surface area contributed by atoms with Gasteiger partial charge in [-0.2, -0.15) is 27.7 Å². The quantitative estimate of drug-likeness (QED) is 0.347. The molecule has 0 unspecified atom stereocenters. The molecule has 1 saturated carbocycles. The summed E-state index contributed by atoms with van der Waals surface area (Å²) in [5.41, 5.74) is 14.0. The second-order valence-electron chi connectivity index (χ2n) is 4.04. The number of nitrogens with one attached hydrogen (secondary N) is 6. The predicted molar refractivity (Wildman–Crippen MR) is 57.3 cm³/mol. The summed E-state index contributed by atoms with van der Waals surface area (Å²) in [5, 5.41) is 5.41. The fourth-order valence-electron chi connectivity index (χ4n) is 2.05. The van der Waals surface area contributed by atoms with Crippen LogP contribution in [0.1, 0.15) is 32.1 Å². The first-order valence-corrected chi connectivity index (χ1v) is 5.72. The summed E-state index contributed by atoms with van der Waals surface area (Å²) in [6.45, 7) is 1.87. The van der Waals surface area contributed by atoms with Crippen LogP contribution in [0.2, 0.25) is 0 Å². The van der Waals surface area contributed by atoms with Crippen LogP contribution >= 0.6 is 0 Å². The van der Waals surface area contributed by atoms with Crippen molar-refractivity contribution in [1.82, 2.24) is 38.1 Å². The maximum Gasteiger partial charge on any atom is 0.0441 e. The van der Waals surface area contributed by atoms with Gasteiger partial charge in [0.15, 0.2) is 0 Å². The van der Waals surface area contributed by atoms with Crippen molar-refractivity contribution >= 4 is 0 Å². The fourth-order valence-corrected chi connectivity index (χ4v) is 2.05. The minimum Gasteiger partial charge on any atom is -0.313 e. The Balaban J connectivity index is 1.53. The van der Waals surface area contributed by atoms with Crippen molar-refractivity contribution in [3.05, 3.63) is 0 Å². The highest BCUT2D eigenvalue weighted by atomic mass is 16.1. The van der Waals surface area contributed by atoms with Gasteiger partial charge in [0.1, 0.15) is 0 Å². The molecule has 0 radical (unpaired) electrons. The van der Waals surface area contributed by atoms with Crippen molar-refractivity contribution in [2.75, 3.05) is 13.1 Å². The monoisotopic (exact) mass is 215 g/mol. The highest BCUT2D eigenvalue weighted by Gasteiger charge is 2.13. The molecule has 1 aliphatic heterocycles. The van der Waals surface area contributed by atoms with E-state index in [1.807, 2.05) is 5.12 Å². The molecule has 0 bridgehead atoms. The van der Waals surface area contributed by atoms with Crippen molar-refractivity contribution in [2.24, 2.45) is 0 Å². The molecule has 88 valence electrons. The number of hydrogen-bond acceptors (Lipinski definition) is 7. The number of nitrogens with zero attached hydrogens (tertiary/aromatic N) is 1. The maximum atomic E-state index is 3.57.